The lowest BCUT2D eigenvalue weighted by Gasteiger charge is -2.32. The van der Waals surface area contributed by atoms with Gasteiger partial charge in [0.15, 0.2) is 11.6 Å². The Kier molecular flexibility index (Phi) is 5.57. The van der Waals surface area contributed by atoms with Crippen LogP contribution in [0.3, 0.4) is 0 Å². The van der Waals surface area contributed by atoms with E-state index in [2.05, 4.69) is 25.7 Å². The summed E-state index contributed by atoms with van der Waals surface area (Å²) in [4.78, 5) is 12.9. The SMILES string of the molecule is CCOC(=O)c1ccc(C#Cc2ccc3c(c2)C(C)(C)CCS3)c(F)c1F. The maximum atomic E-state index is 14.3. The van der Waals surface area contributed by atoms with Gasteiger partial charge in [0, 0.05) is 10.5 Å². The lowest BCUT2D eigenvalue weighted by Crippen LogP contribution is -2.22. The predicted octanol–water partition coefficient (Wildman–Crippen LogP) is 5.31. The number of benzene rings is 2. The third kappa shape index (κ3) is 4.01. The number of esters is 1. The van der Waals surface area contributed by atoms with Gasteiger partial charge in [-0.1, -0.05) is 25.7 Å². The van der Waals surface area contributed by atoms with Crippen molar-refractivity contribution in [3.63, 3.8) is 0 Å². The predicted molar refractivity (Wildman–Crippen MR) is 103 cm³/mol. The van der Waals surface area contributed by atoms with Gasteiger partial charge in [-0.05, 0) is 60.4 Å². The summed E-state index contributed by atoms with van der Waals surface area (Å²) in [5.41, 5.74) is 1.53. The Morgan fingerprint density at radius 3 is 2.70 bits per heavy atom. The topological polar surface area (TPSA) is 26.3 Å². The molecule has 0 saturated heterocycles. The van der Waals surface area contributed by atoms with Gasteiger partial charge in [-0.15, -0.1) is 11.8 Å². The van der Waals surface area contributed by atoms with Gasteiger partial charge in [0.1, 0.15) is 0 Å². The number of hydrogen-bond acceptors (Lipinski definition) is 3. The highest BCUT2D eigenvalue weighted by atomic mass is 32.2. The minimum Gasteiger partial charge on any atom is -0.462 e. The molecule has 2 aromatic carbocycles. The van der Waals surface area contributed by atoms with E-state index in [0.29, 0.717) is 0 Å². The Morgan fingerprint density at radius 2 is 1.96 bits per heavy atom. The van der Waals surface area contributed by atoms with Crippen molar-refractivity contribution in [2.24, 2.45) is 0 Å². The number of fused-ring (bicyclic) bond motifs is 1. The Bertz CT molecular complexity index is 955. The molecule has 0 bridgehead atoms. The van der Waals surface area contributed by atoms with Crippen LogP contribution < -0.4 is 0 Å². The first kappa shape index (κ1) is 19.4. The molecule has 0 saturated carbocycles. The molecule has 0 N–H and O–H groups in total. The summed E-state index contributed by atoms with van der Waals surface area (Å²) in [5, 5.41) is 0. The average molecular weight is 386 g/mol. The maximum Gasteiger partial charge on any atom is 0.341 e. The molecule has 5 heteroatoms. The summed E-state index contributed by atoms with van der Waals surface area (Å²) in [6, 6.07) is 8.45. The molecule has 0 aromatic heterocycles. The van der Waals surface area contributed by atoms with Crippen molar-refractivity contribution in [3.8, 4) is 11.8 Å². The first-order valence-corrected chi connectivity index (χ1v) is 9.76. The van der Waals surface area contributed by atoms with Crippen molar-refractivity contribution in [2.45, 2.75) is 37.5 Å². The monoisotopic (exact) mass is 386 g/mol. The number of carbonyl (C=O) groups excluding carboxylic acids is 1. The van der Waals surface area contributed by atoms with E-state index in [1.165, 1.54) is 22.6 Å². The molecule has 0 fully saturated rings. The van der Waals surface area contributed by atoms with E-state index < -0.39 is 23.2 Å². The van der Waals surface area contributed by atoms with Gasteiger partial charge in [0.25, 0.3) is 0 Å². The molecule has 2 nitrogen and oxygen atoms in total. The van der Waals surface area contributed by atoms with Crippen LogP contribution in [0.5, 0.6) is 0 Å². The molecule has 1 aliphatic rings. The number of halogens is 2. The fraction of sp³-hybridized carbons (Fsp3) is 0.318. The number of thioether (sulfide) groups is 1. The van der Waals surface area contributed by atoms with Crippen LogP contribution in [0.4, 0.5) is 8.78 Å². The smallest absolute Gasteiger partial charge is 0.341 e. The quantitative estimate of drug-likeness (QED) is 0.516. The molecule has 0 amide bonds. The Morgan fingerprint density at radius 1 is 1.19 bits per heavy atom. The van der Waals surface area contributed by atoms with Crippen molar-refractivity contribution in [1.82, 2.24) is 0 Å². The normalized spacial score (nSPS) is 14.7. The van der Waals surface area contributed by atoms with E-state index in [0.717, 1.165) is 17.7 Å². The Hall–Kier alpha value is -2.32. The van der Waals surface area contributed by atoms with Gasteiger partial charge in [0.2, 0.25) is 0 Å². The van der Waals surface area contributed by atoms with Gasteiger partial charge in [0.05, 0.1) is 17.7 Å². The van der Waals surface area contributed by atoms with Gasteiger partial charge >= 0.3 is 5.97 Å². The Balaban J connectivity index is 1.93. The number of carbonyl (C=O) groups is 1. The van der Waals surface area contributed by atoms with E-state index in [9.17, 15) is 13.6 Å². The highest BCUT2D eigenvalue weighted by Gasteiger charge is 2.27. The summed E-state index contributed by atoms with van der Waals surface area (Å²) in [6.45, 7) is 6.09. The number of ether oxygens (including phenoxy) is 1. The maximum absolute atomic E-state index is 14.3. The van der Waals surface area contributed by atoms with E-state index in [-0.39, 0.29) is 17.6 Å². The third-order valence-corrected chi connectivity index (χ3v) is 5.69. The first-order chi connectivity index (χ1) is 12.8. The summed E-state index contributed by atoms with van der Waals surface area (Å²) in [5.74, 6) is 3.42. The lowest BCUT2D eigenvalue weighted by atomic mass is 9.81. The molecule has 2 aromatic rings. The zero-order valence-electron chi connectivity index (χ0n) is 15.5. The largest absolute Gasteiger partial charge is 0.462 e. The van der Waals surface area contributed by atoms with E-state index in [4.69, 9.17) is 4.74 Å². The zero-order valence-corrected chi connectivity index (χ0v) is 16.3. The molecule has 1 heterocycles. The second kappa shape index (κ2) is 7.74. The highest BCUT2D eigenvalue weighted by molar-refractivity contribution is 7.99. The molecule has 0 atom stereocenters. The van der Waals surface area contributed by atoms with Crippen molar-refractivity contribution in [2.75, 3.05) is 12.4 Å². The third-order valence-electron chi connectivity index (χ3n) is 4.61. The van der Waals surface area contributed by atoms with Gasteiger partial charge in [-0.25, -0.2) is 13.6 Å². The molecular weight excluding hydrogens is 366 g/mol. The average Bonchev–Trinajstić information content (AvgIpc) is 2.63. The second-order valence-corrected chi connectivity index (χ2v) is 8.09. The highest BCUT2D eigenvalue weighted by Crippen LogP contribution is 2.41. The van der Waals surface area contributed by atoms with Crippen LogP contribution in [0, 0.1) is 23.5 Å². The standard InChI is InChI=1S/C22H20F2O2S/c1-4-26-21(25)16-9-8-15(19(23)20(16)24)7-5-14-6-10-18-17(13-14)22(2,3)11-12-27-18/h6,8-10,13H,4,11-12H2,1-3H3. The molecule has 0 spiro atoms. The van der Waals surface area contributed by atoms with Crippen LogP contribution in [0.15, 0.2) is 35.2 Å². The van der Waals surface area contributed by atoms with E-state index in [1.807, 2.05) is 30.0 Å². The molecule has 0 aliphatic carbocycles. The van der Waals surface area contributed by atoms with Gasteiger partial charge < -0.3 is 4.74 Å². The molecule has 27 heavy (non-hydrogen) atoms. The van der Waals surface area contributed by atoms with Crippen LogP contribution in [0.25, 0.3) is 0 Å². The van der Waals surface area contributed by atoms with E-state index in [1.54, 1.807) is 6.92 Å². The van der Waals surface area contributed by atoms with Gasteiger partial charge in [-0.3, -0.25) is 0 Å². The summed E-state index contributed by atoms with van der Waals surface area (Å²) >= 11 is 1.83. The minimum atomic E-state index is -1.23. The molecule has 0 unspecified atom stereocenters. The summed E-state index contributed by atoms with van der Waals surface area (Å²) in [7, 11) is 0. The molecule has 1 aliphatic heterocycles. The van der Waals surface area contributed by atoms with Crippen molar-refractivity contribution in [1.29, 1.82) is 0 Å². The fourth-order valence-corrected chi connectivity index (χ4v) is 4.45. The number of hydrogen-bond donors (Lipinski definition) is 0. The molecule has 3 rings (SSSR count). The van der Waals surface area contributed by atoms with Gasteiger partial charge in [-0.2, -0.15) is 0 Å². The van der Waals surface area contributed by atoms with Crippen molar-refractivity contribution < 1.29 is 18.3 Å². The van der Waals surface area contributed by atoms with Crippen molar-refractivity contribution >= 4 is 17.7 Å². The molecule has 0 radical (unpaired) electrons. The van der Waals surface area contributed by atoms with Crippen LogP contribution >= 0.6 is 11.8 Å². The number of rotatable bonds is 2. The lowest BCUT2D eigenvalue weighted by molar-refractivity contribution is 0.0520. The van der Waals surface area contributed by atoms with Crippen molar-refractivity contribution in [3.05, 3.63) is 64.2 Å². The van der Waals surface area contributed by atoms with Crippen LogP contribution in [-0.4, -0.2) is 18.3 Å². The summed E-state index contributed by atoms with van der Waals surface area (Å²) in [6.07, 6.45) is 1.08. The van der Waals surface area contributed by atoms with Crippen LogP contribution in [-0.2, 0) is 10.2 Å². The summed E-state index contributed by atoms with van der Waals surface area (Å²) < 4.78 is 33.1. The molecular formula is C22H20F2O2S. The van der Waals surface area contributed by atoms with Crippen LogP contribution in [0.1, 0.15) is 54.2 Å². The zero-order chi connectivity index (χ0) is 19.6. The first-order valence-electron chi connectivity index (χ1n) is 8.78. The molecule has 140 valence electrons. The second-order valence-electron chi connectivity index (χ2n) is 6.95. The van der Waals surface area contributed by atoms with Crippen LogP contribution in [0.2, 0.25) is 0 Å². The van der Waals surface area contributed by atoms with E-state index >= 15 is 0 Å². The Labute approximate surface area is 162 Å². The minimum absolute atomic E-state index is 0.0664. The fourth-order valence-electron chi connectivity index (χ4n) is 2.97.